The predicted octanol–water partition coefficient (Wildman–Crippen LogP) is 2.17. The lowest BCUT2D eigenvalue weighted by Gasteiger charge is -2.33. The molecule has 2 saturated heterocycles. The van der Waals surface area contributed by atoms with Crippen LogP contribution in [-0.2, 0) is 9.59 Å². The Kier molecular flexibility index (Phi) is 6.63. The van der Waals surface area contributed by atoms with Gasteiger partial charge in [-0.15, -0.1) is 12.4 Å². The Morgan fingerprint density at radius 1 is 1.25 bits per heavy atom. The Morgan fingerprint density at radius 3 is 2.67 bits per heavy atom. The molecule has 1 aromatic rings. The third kappa shape index (κ3) is 4.48. The van der Waals surface area contributed by atoms with Crippen molar-refractivity contribution in [3.8, 4) is 0 Å². The van der Waals surface area contributed by atoms with Crippen molar-refractivity contribution in [2.24, 2.45) is 0 Å². The minimum absolute atomic E-state index is 0. The van der Waals surface area contributed by atoms with Gasteiger partial charge in [0.05, 0.1) is 0 Å². The Bertz CT molecular complexity index is 570. The maximum atomic E-state index is 12.7. The highest BCUT2D eigenvalue weighted by molar-refractivity contribution is 5.99. The van der Waals surface area contributed by atoms with Crippen LogP contribution in [0.25, 0.3) is 0 Å². The monoisotopic (exact) mass is 351 g/mol. The van der Waals surface area contributed by atoms with E-state index >= 15 is 0 Å². The highest BCUT2D eigenvalue weighted by Crippen LogP contribution is 2.21. The number of carbonyl (C=O) groups is 2. The van der Waals surface area contributed by atoms with Gasteiger partial charge in [0.15, 0.2) is 0 Å². The van der Waals surface area contributed by atoms with Crippen molar-refractivity contribution in [3.63, 3.8) is 0 Å². The van der Waals surface area contributed by atoms with Gasteiger partial charge in [-0.3, -0.25) is 9.59 Å². The lowest BCUT2D eigenvalue weighted by atomic mass is 10.0. The van der Waals surface area contributed by atoms with E-state index in [1.54, 1.807) is 4.90 Å². The SMILES string of the molecule is Cc1ccc(N2CCCC(NC(=O)CC3CCCN3)C2=O)cc1.Cl. The molecule has 2 amide bonds. The molecular weight excluding hydrogens is 326 g/mol. The van der Waals surface area contributed by atoms with Gasteiger partial charge in [0.2, 0.25) is 11.8 Å². The maximum Gasteiger partial charge on any atom is 0.249 e. The average Bonchev–Trinajstić information content (AvgIpc) is 3.03. The fourth-order valence-electron chi connectivity index (χ4n) is 3.40. The van der Waals surface area contributed by atoms with Gasteiger partial charge in [0, 0.05) is 24.7 Å². The van der Waals surface area contributed by atoms with Crippen LogP contribution in [-0.4, -0.2) is 37.0 Å². The second-order valence-electron chi connectivity index (χ2n) is 6.59. The van der Waals surface area contributed by atoms with Crippen molar-refractivity contribution in [2.45, 2.75) is 51.1 Å². The zero-order valence-corrected chi connectivity index (χ0v) is 14.9. The molecule has 2 heterocycles. The largest absolute Gasteiger partial charge is 0.344 e. The molecule has 24 heavy (non-hydrogen) atoms. The van der Waals surface area contributed by atoms with Crippen LogP contribution < -0.4 is 15.5 Å². The van der Waals surface area contributed by atoms with Crippen LogP contribution in [0.5, 0.6) is 0 Å². The summed E-state index contributed by atoms with van der Waals surface area (Å²) in [6.45, 7) is 3.74. The summed E-state index contributed by atoms with van der Waals surface area (Å²) in [5.41, 5.74) is 2.09. The number of rotatable bonds is 4. The second-order valence-corrected chi connectivity index (χ2v) is 6.59. The number of benzene rings is 1. The van der Waals surface area contributed by atoms with Crippen LogP contribution in [0.3, 0.4) is 0 Å². The Labute approximate surface area is 149 Å². The molecule has 0 aromatic heterocycles. The topological polar surface area (TPSA) is 61.4 Å². The molecule has 1 aromatic carbocycles. The normalized spacial score (nSPS) is 23.7. The van der Waals surface area contributed by atoms with Crippen molar-refractivity contribution in [3.05, 3.63) is 29.8 Å². The van der Waals surface area contributed by atoms with Crippen molar-refractivity contribution in [1.82, 2.24) is 10.6 Å². The van der Waals surface area contributed by atoms with E-state index in [0.29, 0.717) is 6.42 Å². The quantitative estimate of drug-likeness (QED) is 0.874. The van der Waals surface area contributed by atoms with E-state index in [2.05, 4.69) is 10.6 Å². The fourth-order valence-corrected chi connectivity index (χ4v) is 3.40. The highest BCUT2D eigenvalue weighted by atomic mass is 35.5. The number of hydrogen-bond donors (Lipinski definition) is 2. The van der Waals surface area contributed by atoms with Crippen molar-refractivity contribution in [1.29, 1.82) is 0 Å². The molecule has 5 nitrogen and oxygen atoms in total. The standard InChI is InChI=1S/C18H25N3O2.ClH/c1-13-6-8-15(9-7-13)21-11-3-5-16(18(21)23)20-17(22)12-14-4-2-10-19-14;/h6-9,14,16,19H,2-5,10-12H2,1H3,(H,20,22);1H. The van der Waals surface area contributed by atoms with Gasteiger partial charge in [0.25, 0.3) is 0 Å². The summed E-state index contributed by atoms with van der Waals surface area (Å²) in [6, 6.07) is 7.84. The first-order valence-corrected chi connectivity index (χ1v) is 8.54. The number of hydrogen-bond acceptors (Lipinski definition) is 3. The molecule has 2 fully saturated rings. The fraction of sp³-hybridized carbons (Fsp3) is 0.556. The molecule has 0 saturated carbocycles. The van der Waals surface area contributed by atoms with Gasteiger partial charge in [0.1, 0.15) is 6.04 Å². The Morgan fingerprint density at radius 2 is 2.00 bits per heavy atom. The molecule has 132 valence electrons. The van der Waals surface area contributed by atoms with E-state index in [9.17, 15) is 9.59 Å². The van der Waals surface area contributed by atoms with E-state index in [1.165, 1.54) is 5.56 Å². The van der Waals surface area contributed by atoms with Crippen LogP contribution in [0.1, 0.15) is 37.7 Å². The molecule has 0 spiro atoms. The van der Waals surface area contributed by atoms with Crippen LogP contribution in [0.4, 0.5) is 5.69 Å². The third-order valence-electron chi connectivity index (χ3n) is 4.71. The van der Waals surface area contributed by atoms with Gasteiger partial charge < -0.3 is 15.5 Å². The molecule has 6 heteroatoms. The summed E-state index contributed by atoms with van der Waals surface area (Å²) in [7, 11) is 0. The zero-order valence-electron chi connectivity index (χ0n) is 14.1. The maximum absolute atomic E-state index is 12.7. The van der Waals surface area contributed by atoms with Gasteiger partial charge in [-0.1, -0.05) is 17.7 Å². The molecule has 3 rings (SSSR count). The first kappa shape index (κ1) is 18.7. The molecule has 2 N–H and O–H groups in total. The smallest absolute Gasteiger partial charge is 0.249 e. The lowest BCUT2D eigenvalue weighted by molar-refractivity contribution is -0.128. The third-order valence-corrected chi connectivity index (χ3v) is 4.71. The Balaban J connectivity index is 0.00000208. The predicted molar refractivity (Wildman–Crippen MR) is 97.6 cm³/mol. The molecule has 0 aliphatic carbocycles. The van der Waals surface area contributed by atoms with Gasteiger partial charge in [-0.05, 0) is 51.3 Å². The number of anilines is 1. The van der Waals surface area contributed by atoms with Crippen LogP contribution in [0.15, 0.2) is 24.3 Å². The molecule has 2 aliphatic heterocycles. The molecule has 2 unspecified atom stereocenters. The summed E-state index contributed by atoms with van der Waals surface area (Å²) in [6.07, 6.45) is 4.27. The number of nitrogens with zero attached hydrogens (tertiary/aromatic N) is 1. The first-order valence-electron chi connectivity index (χ1n) is 8.54. The van der Waals surface area contributed by atoms with Gasteiger partial charge in [-0.2, -0.15) is 0 Å². The van der Waals surface area contributed by atoms with Crippen molar-refractivity contribution < 1.29 is 9.59 Å². The van der Waals surface area contributed by atoms with Crippen LogP contribution in [0, 0.1) is 6.92 Å². The van der Waals surface area contributed by atoms with E-state index in [1.807, 2.05) is 31.2 Å². The van der Waals surface area contributed by atoms with E-state index in [0.717, 1.165) is 44.5 Å². The minimum atomic E-state index is -0.390. The molecule has 0 radical (unpaired) electrons. The number of carbonyl (C=O) groups excluding carboxylic acids is 2. The molecule has 2 aliphatic rings. The number of halogens is 1. The summed E-state index contributed by atoms with van der Waals surface area (Å²) in [5, 5.41) is 6.26. The second kappa shape index (κ2) is 8.49. The van der Waals surface area contributed by atoms with Gasteiger partial charge >= 0.3 is 0 Å². The zero-order chi connectivity index (χ0) is 16.2. The lowest BCUT2D eigenvalue weighted by Crippen LogP contribution is -2.53. The van der Waals surface area contributed by atoms with E-state index < -0.39 is 0 Å². The minimum Gasteiger partial charge on any atom is -0.344 e. The average molecular weight is 352 g/mol. The summed E-state index contributed by atoms with van der Waals surface area (Å²) >= 11 is 0. The van der Waals surface area contributed by atoms with Crippen molar-refractivity contribution >= 4 is 29.9 Å². The number of aryl methyl sites for hydroxylation is 1. The van der Waals surface area contributed by atoms with Crippen LogP contribution in [0.2, 0.25) is 0 Å². The summed E-state index contributed by atoms with van der Waals surface area (Å²) < 4.78 is 0. The summed E-state index contributed by atoms with van der Waals surface area (Å²) in [5.74, 6) is -0.0126. The highest BCUT2D eigenvalue weighted by Gasteiger charge is 2.31. The molecule has 2 atom stereocenters. The first-order chi connectivity index (χ1) is 11.1. The number of amides is 2. The van der Waals surface area contributed by atoms with E-state index in [4.69, 9.17) is 0 Å². The molecule has 0 bridgehead atoms. The van der Waals surface area contributed by atoms with Crippen LogP contribution >= 0.6 is 12.4 Å². The van der Waals surface area contributed by atoms with E-state index in [-0.39, 0.29) is 36.3 Å². The molecular formula is C18H26ClN3O2. The number of piperidine rings is 1. The van der Waals surface area contributed by atoms with Gasteiger partial charge in [-0.25, -0.2) is 0 Å². The number of nitrogens with one attached hydrogen (secondary N) is 2. The van der Waals surface area contributed by atoms with Crippen molar-refractivity contribution in [2.75, 3.05) is 18.0 Å². The Hall–Kier alpha value is -1.59. The summed E-state index contributed by atoms with van der Waals surface area (Å²) in [4.78, 5) is 26.7.